The first-order valence-electron chi connectivity index (χ1n) is 10.4. The predicted molar refractivity (Wildman–Crippen MR) is 126 cm³/mol. The molecule has 0 heterocycles. The van der Waals surface area contributed by atoms with Crippen molar-refractivity contribution in [2.24, 2.45) is 0 Å². The summed E-state index contributed by atoms with van der Waals surface area (Å²) in [6.45, 7) is 2.21. The van der Waals surface area contributed by atoms with Gasteiger partial charge in [-0.1, -0.05) is 74.0 Å². The van der Waals surface area contributed by atoms with Gasteiger partial charge in [0.1, 0.15) is 11.5 Å². The average Bonchev–Trinajstić information content (AvgIpc) is 2.79. The Morgan fingerprint density at radius 1 is 0.724 bits per heavy atom. The fourth-order valence-corrected chi connectivity index (χ4v) is 6.01. The number of hydrogen-bond donors (Lipinski definition) is 0. The van der Waals surface area contributed by atoms with Crippen LogP contribution >= 0.6 is 7.92 Å². The van der Waals surface area contributed by atoms with Gasteiger partial charge in [0.05, 0.1) is 14.2 Å². The van der Waals surface area contributed by atoms with Crippen LogP contribution in [0.5, 0.6) is 11.5 Å². The van der Waals surface area contributed by atoms with E-state index in [9.17, 15) is 0 Å². The Morgan fingerprint density at radius 2 is 1.24 bits per heavy atom. The van der Waals surface area contributed by atoms with Crippen LogP contribution in [0.4, 0.5) is 0 Å². The van der Waals surface area contributed by atoms with Crippen molar-refractivity contribution in [3.05, 3.63) is 83.9 Å². The Kier molecular flexibility index (Phi) is 8.14. The fourth-order valence-electron chi connectivity index (χ4n) is 3.65. The van der Waals surface area contributed by atoms with Crippen molar-refractivity contribution in [1.29, 1.82) is 0 Å². The molecule has 0 radical (unpaired) electrons. The largest absolute Gasteiger partial charge is 0.496 e. The summed E-state index contributed by atoms with van der Waals surface area (Å²) in [5.74, 6) is 1.91. The van der Waals surface area contributed by atoms with Crippen molar-refractivity contribution < 1.29 is 9.47 Å². The number of unbranched alkanes of at least 4 members (excludes halogenated alkanes) is 1. The lowest BCUT2D eigenvalue weighted by Crippen LogP contribution is -2.15. The maximum Gasteiger partial charge on any atom is 0.126 e. The monoisotopic (exact) mass is 406 g/mol. The van der Waals surface area contributed by atoms with E-state index in [1.807, 2.05) is 0 Å². The summed E-state index contributed by atoms with van der Waals surface area (Å²) in [4.78, 5) is 0. The third-order valence-electron chi connectivity index (χ3n) is 5.21. The molecule has 0 unspecified atom stereocenters. The topological polar surface area (TPSA) is 18.5 Å². The number of rotatable bonds is 10. The standard InChI is InChI=1S/C26H31O2P/c1-4-5-16-24-25(27-2)19-21(20-26(24)28-3)17-18-29(22-12-8-6-9-13-22)23-14-10-7-11-15-23/h6-15,19-20H,4-5,16-18H2,1-3H3. The molecule has 3 heteroatoms. The van der Waals surface area contributed by atoms with Gasteiger partial charge in [0.25, 0.3) is 0 Å². The normalized spacial score (nSPS) is 10.9. The Hall–Kier alpha value is -2.31. The molecule has 29 heavy (non-hydrogen) atoms. The number of hydrogen-bond acceptors (Lipinski definition) is 2. The third-order valence-corrected chi connectivity index (χ3v) is 7.72. The lowest BCUT2D eigenvalue weighted by atomic mass is 10.0. The van der Waals surface area contributed by atoms with Crippen LogP contribution in [-0.2, 0) is 12.8 Å². The maximum atomic E-state index is 5.73. The molecule has 0 amide bonds. The van der Waals surface area contributed by atoms with E-state index >= 15 is 0 Å². The highest BCUT2D eigenvalue weighted by Crippen LogP contribution is 2.37. The first-order chi connectivity index (χ1) is 14.3. The van der Waals surface area contributed by atoms with Crippen molar-refractivity contribution in [1.82, 2.24) is 0 Å². The van der Waals surface area contributed by atoms with Gasteiger partial charge in [-0.2, -0.15) is 0 Å². The minimum absolute atomic E-state index is 0.401. The summed E-state index contributed by atoms with van der Waals surface area (Å²) in [5.41, 5.74) is 2.47. The summed E-state index contributed by atoms with van der Waals surface area (Å²) in [6.07, 6.45) is 5.38. The highest BCUT2D eigenvalue weighted by molar-refractivity contribution is 7.73. The number of ether oxygens (including phenoxy) is 2. The molecule has 0 saturated heterocycles. The molecule has 0 fully saturated rings. The maximum absolute atomic E-state index is 5.73. The van der Waals surface area contributed by atoms with Crippen molar-refractivity contribution in [2.75, 3.05) is 20.4 Å². The summed E-state index contributed by atoms with van der Waals surface area (Å²) in [6, 6.07) is 26.2. The molecule has 0 bridgehead atoms. The van der Waals surface area contributed by atoms with Gasteiger partial charge >= 0.3 is 0 Å². The van der Waals surface area contributed by atoms with Crippen LogP contribution in [0.2, 0.25) is 0 Å². The minimum atomic E-state index is -0.401. The van der Waals surface area contributed by atoms with Gasteiger partial charge in [-0.15, -0.1) is 0 Å². The molecule has 0 aromatic heterocycles. The predicted octanol–water partition coefficient (Wildman–Crippen LogP) is 5.72. The molecule has 2 nitrogen and oxygen atoms in total. The van der Waals surface area contributed by atoms with E-state index in [0.717, 1.165) is 43.3 Å². The summed E-state index contributed by atoms with van der Waals surface area (Å²) >= 11 is 0. The fraction of sp³-hybridized carbons (Fsp3) is 0.308. The van der Waals surface area contributed by atoms with E-state index in [1.165, 1.54) is 21.7 Å². The molecule has 0 aliphatic heterocycles. The molecule has 3 aromatic carbocycles. The Labute approximate surface area is 176 Å². The molecule has 3 aromatic rings. The third kappa shape index (κ3) is 5.61. The first-order valence-corrected chi connectivity index (χ1v) is 11.9. The summed E-state index contributed by atoms with van der Waals surface area (Å²) < 4.78 is 11.5. The average molecular weight is 407 g/mol. The smallest absolute Gasteiger partial charge is 0.126 e. The van der Waals surface area contributed by atoms with E-state index in [2.05, 4.69) is 79.7 Å². The van der Waals surface area contributed by atoms with Crippen molar-refractivity contribution >= 4 is 18.5 Å². The van der Waals surface area contributed by atoms with Crippen LogP contribution in [0, 0.1) is 0 Å². The van der Waals surface area contributed by atoms with Gasteiger partial charge in [-0.05, 0) is 61.7 Å². The lowest BCUT2D eigenvalue weighted by molar-refractivity contribution is 0.383. The van der Waals surface area contributed by atoms with Crippen LogP contribution in [-0.4, -0.2) is 20.4 Å². The molecular formula is C26H31O2P. The van der Waals surface area contributed by atoms with Crippen LogP contribution in [0.25, 0.3) is 0 Å². The molecular weight excluding hydrogens is 375 g/mol. The van der Waals surface area contributed by atoms with E-state index in [-0.39, 0.29) is 0 Å². The SMILES string of the molecule is CCCCc1c(OC)cc(CCP(c2ccccc2)c2ccccc2)cc1OC. The molecule has 3 rings (SSSR count). The van der Waals surface area contributed by atoms with Crippen molar-refractivity contribution in [3.63, 3.8) is 0 Å². The van der Waals surface area contributed by atoms with Crippen molar-refractivity contribution in [2.45, 2.75) is 32.6 Å². The van der Waals surface area contributed by atoms with Gasteiger partial charge < -0.3 is 9.47 Å². The second-order valence-electron chi connectivity index (χ2n) is 7.16. The Balaban J connectivity index is 1.86. The van der Waals surface area contributed by atoms with E-state index in [1.54, 1.807) is 14.2 Å². The van der Waals surface area contributed by atoms with Crippen LogP contribution in [0.1, 0.15) is 30.9 Å². The van der Waals surface area contributed by atoms with Crippen LogP contribution < -0.4 is 20.1 Å². The van der Waals surface area contributed by atoms with Gasteiger partial charge in [0.2, 0.25) is 0 Å². The zero-order chi connectivity index (χ0) is 20.5. The molecule has 0 spiro atoms. The summed E-state index contributed by atoms with van der Waals surface area (Å²) in [7, 11) is 3.12. The van der Waals surface area contributed by atoms with Gasteiger partial charge in [-0.25, -0.2) is 0 Å². The highest BCUT2D eigenvalue weighted by Gasteiger charge is 2.16. The molecule has 0 atom stereocenters. The van der Waals surface area contributed by atoms with Crippen LogP contribution in [0.3, 0.4) is 0 Å². The molecule has 0 aliphatic carbocycles. The zero-order valence-electron chi connectivity index (χ0n) is 17.7. The molecule has 0 saturated carbocycles. The quantitative estimate of drug-likeness (QED) is 0.401. The molecule has 0 N–H and O–H groups in total. The lowest BCUT2D eigenvalue weighted by Gasteiger charge is -2.20. The Morgan fingerprint density at radius 3 is 1.69 bits per heavy atom. The van der Waals surface area contributed by atoms with Gasteiger partial charge in [-0.3, -0.25) is 0 Å². The zero-order valence-corrected chi connectivity index (χ0v) is 18.6. The van der Waals surface area contributed by atoms with E-state index in [4.69, 9.17) is 9.47 Å². The Bertz CT molecular complexity index is 813. The second-order valence-corrected chi connectivity index (χ2v) is 9.49. The number of methoxy groups -OCH3 is 2. The number of aryl methyl sites for hydroxylation is 1. The number of benzene rings is 3. The molecule has 152 valence electrons. The summed E-state index contributed by atoms with van der Waals surface area (Å²) in [5, 5.41) is 2.85. The second kappa shape index (κ2) is 11.0. The first kappa shape index (κ1) is 21.4. The van der Waals surface area contributed by atoms with Crippen LogP contribution in [0.15, 0.2) is 72.8 Å². The minimum Gasteiger partial charge on any atom is -0.496 e. The van der Waals surface area contributed by atoms with Gasteiger partial charge in [0.15, 0.2) is 0 Å². The van der Waals surface area contributed by atoms with Crippen molar-refractivity contribution in [3.8, 4) is 11.5 Å². The highest BCUT2D eigenvalue weighted by atomic mass is 31.1. The van der Waals surface area contributed by atoms with E-state index < -0.39 is 7.92 Å². The van der Waals surface area contributed by atoms with E-state index in [0.29, 0.717) is 0 Å². The van der Waals surface area contributed by atoms with Gasteiger partial charge in [0, 0.05) is 5.56 Å². The molecule has 0 aliphatic rings.